The van der Waals surface area contributed by atoms with Gasteiger partial charge in [-0.15, -0.1) is 0 Å². The summed E-state index contributed by atoms with van der Waals surface area (Å²) in [6, 6.07) is 6.27. The number of amides is 1. The molecule has 5 nitrogen and oxygen atoms in total. The Labute approximate surface area is 98.1 Å². The van der Waals surface area contributed by atoms with Gasteiger partial charge in [0.05, 0.1) is 0 Å². The molecule has 0 radical (unpaired) electrons. The second-order valence-electron chi connectivity index (χ2n) is 3.78. The van der Waals surface area contributed by atoms with Gasteiger partial charge in [-0.3, -0.25) is 4.79 Å². The van der Waals surface area contributed by atoms with Gasteiger partial charge in [-0.2, -0.15) is 0 Å². The van der Waals surface area contributed by atoms with Crippen molar-refractivity contribution in [1.82, 2.24) is 5.16 Å². The molecular weight excluding hydrogens is 220 g/mol. The lowest BCUT2D eigenvalue weighted by Crippen LogP contribution is -2.12. The van der Waals surface area contributed by atoms with E-state index in [1.807, 2.05) is 0 Å². The van der Waals surface area contributed by atoms with Crippen LogP contribution in [0.15, 0.2) is 28.8 Å². The Morgan fingerprint density at radius 2 is 2.12 bits per heavy atom. The summed E-state index contributed by atoms with van der Waals surface area (Å²) in [4.78, 5) is 11.8. The molecule has 88 valence electrons. The van der Waals surface area contributed by atoms with Crippen molar-refractivity contribution >= 4 is 11.7 Å². The van der Waals surface area contributed by atoms with Crippen molar-refractivity contribution < 1.29 is 14.4 Å². The molecule has 0 aliphatic rings. The number of anilines is 1. The number of benzene rings is 1. The van der Waals surface area contributed by atoms with Crippen molar-refractivity contribution in [2.75, 3.05) is 5.32 Å². The number of phenolic OH excluding ortho intramolecular Hbond substituents is 1. The van der Waals surface area contributed by atoms with Crippen molar-refractivity contribution in [3.63, 3.8) is 0 Å². The smallest absolute Gasteiger partial charge is 0.256 e. The number of aromatic nitrogens is 1. The van der Waals surface area contributed by atoms with Crippen LogP contribution in [0, 0.1) is 13.8 Å². The molecule has 2 N–H and O–H groups in total. The summed E-state index contributed by atoms with van der Waals surface area (Å²) >= 11 is 0. The standard InChI is InChI=1S/C12H12N2O3/c1-7-5-9(3-4-10(7)15)12(16)13-11-6-8(2)17-14-11/h3-6,15H,1-2H3,(H,13,14,16). The van der Waals surface area contributed by atoms with Crippen LogP contribution < -0.4 is 5.32 Å². The summed E-state index contributed by atoms with van der Waals surface area (Å²) in [5.74, 6) is 0.876. The summed E-state index contributed by atoms with van der Waals surface area (Å²) in [7, 11) is 0. The van der Waals surface area contributed by atoms with Crippen molar-refractivity contribution in [3.05, 3.63) is 41.2 Å². The highest BCUT2D eigenvalue weighted by Crippen LogP contribution is 2.18. The second kappa shape index (κ2) is 4.29. The lowest BCUT2D eigenvalue weighted by atomic mass is 10.1. The first-order valence-electron chi connectivity index (χ1n) is 5.10. The Kier molecular flexibility index (Phi) is 2.82. The average molecular weight is 232 g/mol. The number of nitrogens with zero attached hydrogens (tertiary/aromatic N) is 1. The van der Waals surface area contributed by atoms with E-state index >= 15 is 0 Å². The Morgan fingerprint density at radius 1 is 1.35 bits per heavy atom. The molecule has 17 heavy (non-hydrogen) atoms. The van der Waals surface area contributed by atoms with E-state index in [0.717, 1.165) is 0 Å². The van der Waals surface area contributed by atoms with Crippen molar-refractivity contribution in [2.45, 2.75) is 13.8 Å². The molecule has 0 aliphatic heterocycles. The quantitative estimate of drug-likeness (QED) is 0.832. The Bertz CT molecular complexity index is 561. The van der Waals surface area contributed by atoms with E-state index < -0.39 is 0 Å². The van der Waals surface area contributed by atoms with Crippen LogP contribution in [0.5, 0.6) is 5.75 Å². The molecule has 1 heterocycles. The monoisotopic (exact) mass is 232 g/mol. The predicted molar refractivity (Wildman–Crippen MR) is 62.0 cm³/mol. The van der Waals surface area contributed by atoms with Gasteiger partial charge in [0.1, 0.15) is 11.5 Å². The van der Waals surface area contributed by atoms with E-state index in [1.54, 1.807) is 32.0 Å². The maximum Gasteiger partial charge on any atom is 0.256 e. The molecular formula is C12H12N2O3. The van der Waals surface area contributed by atoms with E-state index in [0.29, 0.717) is 22.7 Å². The molecule has 0 saturated heterocycles. The molecule has 1 aromatic heterocycles. The zero-order chi connectivity index (χ0) is 12.4. The number of hydrogen-bond acceptors (Lipinski definition) is 4. The summed E-state index contributed by atoms with van der Waals surface area (Å²) in [5.41, 5.74) is 1.11. The molecule has 0 aliphatic carbocycles. The fourth-order valence-corrected chi connectivity index (χ4v) is 1.41. The third-order valence-electron chi connectivity index (χ3n) is 2.33. The molecule has 5 heteroatoms. The lowest BCUT2D eigenvalue weighted by molar-refractivity contribution is 0.102. The minimum atomic E-state index is -0.290. The van der Waals surface area contributed by atoms with E-state index in [-0.39, 0.29) is 11.7 Å². The van der Waals surface area contributed by atoms with E-state index in [1.165, 1.54) is 6.07 Å². The van der Waals surface area contributed by atoms with Crippen LogP contribution >= 0.6 is 0 Å². The summed E-state index contributed by atoms with van der Waals surface area (Å²) in [6.07, 6.45) is 0. The number of aromatic hydroxyl groups is 1. The summed E-state index contributed by atoms with van der Waals surface area (Å²) < 4.78 is 4.84. The molecule has 0 atom stereocenters. The van der Waals surface area contributed by atoms with Crippen LogP contribution in [-0.4, -0.2) is 16.2 Å². The van der Waals surface area contributed by atoms with E-state index in [2.05, 4.69) is 10.5 Å². The number of nitrogens with one attached hydrogen (secondary N) is 1. The van der Waals surface area contributed by atoms with Crippen molar-refractivity contribution in [3.8, 4) is 5.75 Å². The lowest BCUT2D eigenvalue weighted by Gasteiger charge is -2.03. The Balaban J connectivity index is 2.17. The third kappa shape index (κ3) is 2.44. The number of rotatable bonds is 2. The normalized spacial score (nSPS) is 10.2. The van der Waals surface area contributed by atoms with Gasteiger partial charge in [-0.05, 0) is 37.6 Å². The zero-order valence-electron chi connectivity index (χ0n) is 9.52. The van der Waals surface area contributed by atoms with Crippen LogP contribution in [0.25, 0.3) is 0 Å². The highest BCUT2D eigenvalue weighted by atomic mass is 16.5. The van der Waals surface area contributed by atoms with Crippen LogP contribution in [0.1, 0.15) is 21.7 Å². The topological polar surface area (TPSA) is 75.4 Å². The number of phenols is 1. The third-order valence-corrected chi connectivity index (χ3v) is 2.33. The summed E-state index contributed by atoms with van der Waals surface area (Å²) in [6.45, 7) is 3.47. The molecule has 1 aromatic carbocycles. The largest absolute Gasteiger partial charge is 0.508 e. The Morgan fingerprint density at radius 3 is 2.71 bits per heavy atom. The van der Waals surface area contributed by atoms with Crippen LogP contribution in [0.3, 0.4) is 0 Å². The minimum absolute atomic E-state index is 0.166. The van der Waals surface area contributed by atoms with Gasteiger partial charge in [0.15, 0.2) is 5.82 Å². The maximum absolute atomic E-state index is 11.8. The predicted octanol–water partition coefficient (Wildman–Crippen LogP) is 2.25. The summed E-state index contributed by atoms with van der Waals surface area (Å²) in [5, 5.41) is 15.6. The number of carbonyl (C=O) groups is 1. The van der Waals surface area contributed by atoms with Gasteiger partial charge in [0.2, 0.25) is 0 Å². The van der Waals surface area contributed by atoms with Crippen LogP contribution in [0.2, 0.25) is 0 Å². The van der Waals surface area contributed by atoms with Gasteiger partial charge >= 0.3 is 0 Å². The maximum atomic E-state index is 11.8. The highest BCUT2D eigenvalue weighted by molar-refractivity contribution is 6.03. The first-order chi connectivity index (χ1) is 8.06. The van der Waals surface area contributed by atoms with Gasteiger partial charge in [0.25, 0.3) is 5.91 Å². The number of hydrogen-bond donors (Lipinski definition) is 2. The van der Waals surface area contributed by atoms with Crippen LogP contribution in [-0.2, 0) is 0 Å². The van der Waals surface area contributed by atoms with E-state index in [4.69, 9.17) is 4.52 Å². The number of aryl methyl sites for hydroxylation is 2. The zero-order valence-corrected chi connectivity index (χ0v) is 9.52. The molecule has 0 fully saturated rings. The fourth-order valence-electron chi connectivity index (χ4n) is 1.41. The van der Waals surface area contributed by atoms with E-state index in [9.17, 15) is 9.90 Å². The second-order valence-corrected chi connectivity index (χ2v) is 3.78. The minimum Gasteiger partial charge on any atom is -0.508 e. The molecule has 1 amide bonds. The van der Waals surface area contributed by atoms with Gasteiger partial charge in [-0.25, -0.2) is 0 Å². The molecule has 0 bridgehead atoms. The first kappa shape index (κ1) is 11.2. The highest BCUT2D eigenvalue weighted by Gasteiger charge is 2.09. The fraction of sp³-hybridized carbons (Fsp3) is 0.167. The molecule has 2 rings (SSSR count). The van der Waals surface area contributed by atoms with Gasteiger partial charge < -0.3 is 14.9 Å². The SMILES string of the molecule is Cc1cc(NC(=O)c2ccc(O)c(C)c2)no1. The Hall–Kier alpha value is -2.30. The molecule has 0 saturated carbocycles. The van der Waals surface area contributed by atoms with Crippen LogP contribution in [0.4, 0.5) is 5.82 Å². The van der Waals surface area contributed by atoms with Gasteiger partial charge in [0, 0.05) is 11.6 Å². The van der Waals surface area contributed by atoms with Crippen molar-refractivity contribution in [2.24, 2.45) is 0 Å². The molecule has 2 aromatic rings. The van der Waals surface area contributed by atoms with Crippen molar-refractivity contribution in [1.29, 1.82) is 0 Å². The van der Waals surface area contributed by atoms with Gasteiger partial charge in [-0.1, -0.05) is 5.16 Å². The average Bonchev–Trinajstić information content (AvgIpc) is 2.68. The number of carbonyl (C=O) groups excluding carboxylic acids is 1. The molecule has 0 spiro atoms. The molecule has 0 unspecified atom stereocenters. The first-order valence-corrected chi connectivity index (χ1v) is 5.10.